The molecule has 0 bridgehead atoms. The van der Waals surface area contributed by atoms with Gasteiger partial charge in [0.25, 0.3) is 0 Å². The number of likely N-dealkylation sites (tertiary alicyclic amines) is 1. The highest BCUT2D eigenvalue weighted by Gasteiger charge is 2.30. The number of rotatable bonds is 9. The second-order valence-electron chi connectivity index (χ2n) is 7.95. The summed E-state index contributed by atoms with van der Waals surface area (Å²) in [5.41, 5.74) is 1.52. The molecule has 2 unspecified atom stereocenters. The average Bonchev–Trinajstić information content (AvgIpc) is 3.47. The van der Waals surface area contributed by atoms with E-state index in [4.69, 9.17) is 14.5 Å². The van der Waals surface area contributed by atoms with Crippen LogP contribution in [0.3, 0.4) is 0 Å². The van der Waals surface area contributed by atoms with Crippen molar-refractivity contribution in [2.75, 3.05) is 26.8 Å². The zero-order valence-electron chi connectivity index (χ0n) is 18.3. The zero-order chi connectivity index (χ0) is 22.5. The van der Waals surface area contributed by atoms with Gasteiger partial charge < -0.3 is 14.6 Å². The fourth-order valence-electron chi connectivity index (χ4n) is 4.01. The largest absolute Gasteiger partial charge is 0.493 e. The highest BCUT2D eigenvalue weighted by atomic mass is 16.5. The van der Waals surface area contributed by atoms with Gasteiger partial charge >= 0.3 is 0 Å². The third kappa shape index (κ3) is 4.98. The number of aromatic amines is 1. The molecule has 168 valence electrons. The van der Waals surface area contributed by atoms with E-state index in [-0.39, 0.29) is 18.4 Å². The number of methoxy groups -OCH3 is 1. The lowest BCUT2D eigenvalue weighted by Crippen LogP contribution is -2.35. The Balaban J connectivity index is 1.37. The summed E-state index contributed by atoms with van der Waals surface area (Å²) in [6, 6.07) is 15.0. The number of ketones is 1. The summed E-state index contributed by atoms with van der Waals surface area (Å²) in [6.07, 6.45) is 1.29. The monoisotopic (exact) mass is 436 g/mol. The number of carbonyl (C=O) groups excluding carboxylic acids is 1. The molecule has 8 nitrogen and oxygen atoms in total. The molecule has 0 spiro atoms. The van der Waals surface area contributed by atoms with Gasteiger partial charge in [0.15, 0.2) is 23.1 Å². The van der Waals surface area contributed by atoms with Gasteiger partial charge in [0.1, 0.15) is 18.5 Å². The van der Waals surface area contributed by atoms with Gasteiger partial charge in [-0.05, 0) is 44.5 Å². The number of nitrogens with one attached hydrogen (secondary N) is 1. The Hall–Kier alpha value is -3.23. The molecule has 32 heavy (non-hydrogen) atoms. The van der Waals surface area contributed by atoms with Crippen LogP contribution in [0.4, 0.5) is 0 Å². The fraction of sp³-hybridized carbons (Fsp3) is 0.375. The Morgan fingerprint density at radius 3 is 2.81 bits per heavy atom. The normalized spacial score (nSPS) is 17.3. The highest BCUT2D eigenvalue weighted by Crippen LogP contribution is 2.31. The summed E-state index contributed by atoms with van der Waals surface area (Å²) < 4.78 is 11.1. The zero-order valence-corrected chi connectivity index (χ0v) is 18.3. The van der Waals surface area contributed by atoms with E-state index in [0.29, 0.717) is 29.4 Å². The van der Waals surface area contributed by atoms with E-state index in [1.807, 2.05) is 30.3 Å². The Morgan fingerprint density at radius 1 is 1.25 bits per heavy atom. The van der Waals surface area contributed by atoms with E-state index < -0.39 is 6.10 Å². The van der Waals surface area contributed by atoms with Crippen LogP contribution in [0.2, 0.25) is 0 Å². The molecular formula is C24H28N4O4. The first-order valence-corrected chi connectivity index (χ1v) is 10.8. The second kappa shape index (κ2) is 9.93. The minimum atomic E-state index is -0.690. The number of aliphatic hydroxyl groups is 1. The van der Waals surface area contributed by atoms with Crippen LogP contribution in [-0.4, -0.2) is 63.9 Å². The summed E-state index contributed by atoms with van der Waals surface area (Å²) in [7, 11) is 1.53. The summed E-state index contributed by atoms with van der Waals surface area (Å²) in [4.78, 5) is 18.5. The first-order valence-electron chi connectivity index (χ1n) is 10.8. The standard InChI is InChI=1S/C24H28N4O4/c1-16(29)18-10-11-21(22(13-18)31-2)32-15-19(30)14-28-12-6-9-20(28)24-25-23(26-27-24)17-7-4-3-5-8-17/h3-5,7-8,10-11,13,19-20,30H,6,9,12,14-15H2,1-2H3,(H,25,26,27). The molecule has 1 aliphatic heterocycles. The molecular weight excluding hydrogens is 408 g/mol. The predicted octanol–water partition coefficient (Wildman–Crippen LogP) is 3.26. The van der Waals surface area contributed by atoms with Crippen molar-refractivity contribution in [1.29, 1.82) is 0 Å². The van der Waals surface area contributed by atoms with E-state index in [1.165, 1.54) is 14.0 Å². The van der Waals surface area contributed by atoms with Crippen molar-refractivity contribution < 1.29 is 19.4 Å². The number of Topliss-reactive ketones (excluding diaryl/α,β-unsaturated/α-hetero) is 1. The lowest BCUT2D eigenvalue weighted by atomic mass is 10.1. The van der Waals surface area contributed by atoms with E-state index >= 15 is 0 Å². The van der Waals surface area contributed by atoms with Gasteiger partial charge in [-0.15, -0.1) is 0 Å². The Bertz CT molecular complexity index is 1050. The van der Waals surface area contributed by atoms with Crippen LogP contribution in [0.15, 0.2) is 48.5 Å². The third-order valence-corrected chi connectivity index (χ3v) is 5.66. The maximum absolute atomic E-state index is 11.6. The molecule has 0 radical (unpaired) electrons. The number of ether oxygens (including phenoxy) is 2. The van der Waals surface area contributed by atoms with Gasteiger partial charge in [-0.2, -0.15) is 5.10 Å². The molecule has 2 aromatic carbocycles. The molecule has 1 aliphatic rings. The molecule has 1 saturated heterocycles. The Morgan fingerprint density at radius 2 is 2.06 bits per heavy atom. The number of aromatic nitrogens is 3. The smallest absolute Gasteiger partial charge is 0.181 e. The van der Waals surface area contributed by atoms with Crippen LogP contribution >= 0.6 is 0 Å². The number of H-pyrrole nitrogens is 1. The molecule has 0 aliphatic carbocycles. The molecule has 8 heteroatoms. The van der Waals surface area contributed by atoms with Crippen LogP contribution in [0.25, 0.3) is 11.4 Å². The maximum Gasteiger partial charge on any atom is 0.181 e. The third-order valence-electron chi connectivity index (χ3n) is 5.66. The van der Waals surface area contributed by atoms with Crippen LogP contribution in [0.1, 0.15) is 42.0 Å². The maximum atomic E-state index is 11.6. The van der Waals surface area contributed by atoms with E-state index in [1.54, 1.807) is 18.2 Å². The highest BCUT2D eigenvalue weighted by molar-refractivity contribution is 5.94. The topological polar surface area (TPSA) is 101 Å². The number of aliphatic hydroxyl groups excluding tert-OH is 1. The predicted molar refractivity (Wildman–Crippen MR) is 120 cm³/mol. The van der Waals surface area contributed by atoms with Crippen LogP contribution in [0.5, 0.6) is 11.5 Å². The van der Waals surface area contributed by atoms with Gasteiger partial charge in [-0.25, -0.2) is 4.98 Å². The molecule has 4 rings (SSSR count). The molecule has 2 atom stereocenters. The van der Waals surface area contributed by atoms with Crippen molar-refractivity contribution in [3.63, 3.8) is 0 Å². The van der Waals surface area contributed by atoms with Gasteiger partial charge in [0.2, 0.25) is 0 Å². The van der Waals surface area contributed by atoms with Crippen LogP contribution in [0, 0.1) is 0 Å². The number of β-amino-alcohol motifs (C(OH)–C–C–N with tert-alkyl or cyclic N) is 1. The number of hydrogen-bond acceptors (Lipinski definition) is 7. The summed E-state index contributed by atoms with van der Waals surface area (Å²) in [6.45, 7) is 2.95. The number of benzene rings is 2. The quantitative estimate of drug-likeness (QED) is 0.497. The molecule has 0 amide bonds. The van der Waals surface area contributed by atoms with Gasteiger partial charge in [0, 0.05) is 17.7 Å². The lowest BCUT2D eigenvalue weighted by molar-refractivity contribution is 0.0618. The van der Waals surface area contributed by atoms with Crippen molar-refractivity contribution >= 4 is 5.78 Å². The van der Waals surface area contributed by atoms with Gasteiger partial charge in [-0.3, -0.25) is 14.8 Å². The van der Waals surface area contributed by atoms with Crippen molar-refractivity contribution in [2.45, 2.75) is 31.9 Å². The Labute approximate surface area is 187 Å². The molecule has 2 heterocycles. The number of nitrogens with zero attached hydrogens (tertiary/aromatic N) is 3. The molecule has 3 aromatic rings. The van der Waals surface area contributed by atoms with Gasteiger partial charge in [-0.1, -0.05) is 30.3 Å². The second-order valence-corrected chi connectivity index (χ2v) is 7.95. The summed E-state index contributed by atoms with van der Waals surface area (Å²) >= 11 is 0. The van der Waals surface area contributed by atoms with Crippen molar-refractivity contribution in [3.8, 4) is 22.9 Å². The van der Waals surface area contributed by atoms with Crippen LogP contribution in [-0.2, 0) is 0 Å². The van der Waals surface area contributed by atoms with E-state index in [9.17, 15) is 9.90 Å². The van der Waals surface area contributed by atoms with Crippen molar-refractivity contribution in [1.82, 2.24) is 20.1 Å². The Kier molecular flexibility index (Phi) is 6.82. The number of hydrogen-bond donors (Lipinski definition) is 2. The average molecular weight is 437 g/mol. The summed E-state index contributed by atoms with van der Waals surface area (Å²) in [5, 5.41) is 18.1. The van der Waals surface area contributed by atoms with Gasteiger partial charge in [0.05, 0.1) is 13.2 Å². The van der Waals surface area contributed by atoms with Crippen molar-refractivity contribution in [3.05, 3.63) is 59.9 Å². The van der Waals surface area contributed by atoms with Crippen LogP contribution < -0.4 is 9.47 Å². The molecule has 1 aromatic heterocycles. The minimum absolute atomic E-state index is 0.0437. The van der Waals surface area contributed by atoms with Crippen molar-refractivity contribution in [2.24, 2.45) is 0 Å². The molecule has 0 saturated carbocycles. The first-order chi connectivity index (χ1) is 15.5. The van der Waals surface area contributed by atoms with E-state index in [0.717, 1.165) is 30.8 Å². The minimum Gasteiger partial charge on any atom is -0.493 e. The number of carbonyl (C=O) groups is 1. The summed E-state index contributed by atoms with van der Waals surface area (Å²) in [5.74, 6) is 2.42. The SMILES string of the molecule is COc1cc(C(C)=O)ccc1OCC(O)CN1CCCC1c1nc(-c2ccccc2)n[nH]1. The molecule has 2 N–H and O–H groups in total. The lowest BCUT2D eigenvalue weighted by Gasteiger charge is -2.25. The fourth-order valence-corrected chi connectivity index (χ4v) is 4.01. The van der Waals surface area contributed by atoms with E-state index in [2.05, 4.69) is 15.1 Å². The molecule has 1 fully saturated rings. The first kappa shape index (κ1) is 22.0.